The molecule has 3 rings (SSSR count). The predicted molar refractivity (Wildman–Crippen MR) is 87.7 cm³/mol. The Morgan fingerprint density at radius 1 is 1.12 bits per heavy atom. The number of carbonyl (C=O) groups excluding carboxylic acids is 2. The molecule has 2 aromatic rings. The lowest BCUT2D eigenvalue weighted by molar-refractivity contribution is -0.117. The first-order valence-corrected chi connectivity index (χ1v) is 7.52. The molecular formula is C16H16N4O4. The molecule has 1 aliphatic carbocycles. The molecule has 0 aliphatic heterocycles. The Hall–Kier alpha value is -3.16. The molecule has 0 atom stereocenters. The number of aromatic nitrogens is 2. The summed E-state index contributed by atoms with van der Waals surface area (Å²) in [4.78, 5) is 48.4. The van der Waals surface area contributed by atoms with Gasteiger partial charge in [0.05, 0.1) is 0 Å². The summed E-state index contributed by atoms with van der Waals surface area (Å²) >= 11 is 0. The van der Waals surface area contributed by atoms with Crippen LogP contribution in [0.15, 0.2) is 46.1 Å². The second-order valence-electron chi connectivity index (χ2n) is 5.63. The zero-order valence-corrected chi connectivity index (χ0v) is 12.7. The first-order valence-electron chi connectivity index (χ1n) is 7.52. The smallest absolute Gasteiger partial charge is 0.326 e. The largest absolute Gasteiger partial charge is 0.328 e. The standard InChI is InChI=1S/C16H16N4O4/c21-13-6-7-20(16(24)19-13)9-14(22)17-11-2-1-3-12(8-11)18-15(23)10-4-5-10/h1-3,6-8,10H,4-5,9H2,(H,17,22)(H,18,23)(H,19,21,24). The van der Waals surface area contributed by atoms with E-state index in [0.29, 0.717) is 11.4 Å². The number of benzene rings is 1. The van der Waals surface area contributed by atoms with Gasteiger partial charge in [-0.3, -0.25) is 23.9 Å². The van der Waals surface area contributed by atoms with E-state index in [1.165, 1.54) is 12.3 Å². The first kappa shape index (κ1) is 15.7. The van der Waals surface area contributed by atoms with Crippen LogP contribution in [0.5, 0.6) is 0 Å². The van der Waals surface area contributed by atoms with Crippen LogP contribution in [0.3, 0.4) is 0 Å². The molecule has 0 radical (unpaired) electrons. The Balaban J connectivity index is 1.64. The summed E-state index contributed by atoms with van der Waals surface area (Å²) < 4.78 is 1.09. The van der Waals surface area contributed by atoms with Gasteiger partial charge in [0.2, 0.25) is 11.8 Å². The van der Waals surface area contributed by atoms with Crippen molar-refractivity contribution in [3.63, 3.8) is 0 Å². The molecule has 8 heteroatoms. The highest BCUT2D eigenvalue weighted by Gasteiger charge is 2.29. The van der Waals surface area contributed by atoms with Gasteiger partial charge in [-0.2, -0.15) is 0 Å². The summed E-state index contributed by atoms with van der Waals surface area (Å²) in [5, 5.41) is 5.45. The van der Waals surface area contributed by atoms with Crippen molar-refractivity contribution < 1.29 is 9.59 Å². The minimum Gasteiger partial charge on any atom is -0.326 e. The molecule has 1 aliphatic rings. The van der Waals surface area contributed by atoms with Gasteiger partial charge in [-0.05, 0) is 31.0 Å². The molecular weight excluding hydrogens is 312 g/mol. The van der Waals surface area contributed by atoms with Crippen molar-refractivity contribution in [2.75, 3.05) is 10.6 Å². The van der Waals surface area contributed by atoms with Crippen molar-refractivity contribution in [1.29, 1.82) is 0 Å². The van der Waals surface area contributed by atoms with Gasteiger partial charge in [-0.15, -0.1) is 0 Å². The molecule has 1 aromatic carbocycles. The van der Waals surface area contributed by atoms with Crippen molar-refractivity contribution in [1.82, 2.24) is 9.55 Å². The maximum absolute atomic E-state index is 12.0. The molecule has 1 heterocycles. The summed E-state index contributed by atoms with van der Waals surface area (Å²) in [5.74, 6) is -0.344. The van der Waals surface area contributed by atoms with E-state index in [1.807, 2.05) is 0 Å². The van der Waals surface area contributed by atoms with E-state index in [9.17, 15) is 19.2 Å². The van der Waals surface area contributed by atoms with Crippen LogP contribution in [0.25, 0.3) is 0 Å². The first-order chi connectivity index (χ1) is 11.5. The van der Waals surface area contributed by atoms with Crippen molar-refractivity contribution >= 4 is 23.2 Å². The zero-order chi connectivity index (χ0) is 17.1. The van der Waals surface area contributed by atoms with E-state index in [1.54, 1.807) is 24.3 Å². The van der Waals surface area contributed by atoms with Gasteiger partial charge in [0.25, 0.3) is 5.56 Å². The SMILES string of the molecule is O=C(Cn1ccc(=O)[nH]c1=O)Nc1cccc(NC(=O)C2CC2)c1. The average molecular weight is 328 g/mol. The number of rotatable bonds is 5. The number of H-pyrrole nitrogens is 1. The third-order valence-electron chi connectivity index (χ3n) is 3.57. The fourth-order valence-electron chi connectivity index (χ4n) is 2.19. The Morgan fingerprint density at radius 2 is 1.83 bits per heavy atom. The number of hydrogen-bond acceptors (Lipinski definition) is 4. The summed E-state index contributed by atoms with van der Waals surface area (Å²) in [5.41, 5.74) is -0.0594. The maximum atomic E-state index is 12.0. The van der Waals surface area contributed by atoms with Gasteiger partial charge in [0.15, 0.2) is 0 Å². The molecule has 1 saturated carbocycles. The van der Waals surface area contributed by atoms with Gasteiger partial charge in [-0.25, -0.2) is 4.79 Å². The van der Waals surface area contributed by atoms with Crippen LogP contribution < -0.4 is 21.9 Å². The highest BCUT2D eigenvalue weighted by molar-refractivity contribution is 5.95. The van der Waals surface area contributed by atoms with Crippen LogP contribution >= 0.6 is 0 Å². The molecule has 0 unspecified atom stereocenters. The van der Waals surface area contributed by atoms with E-state index in [4.69, 9.17) is 0 Å². The van der Waals surface area contributed by atoms with Crippen molar-refractivity contribution in [2.45, 2.75) is 19.4 Å². The van der Waals surface area contributed by atoms with Crippen LogP contribution in [-0.2, 0) is 16.1 Å². The van der Waals surface area contributed by atoms with Crippen LogP contribution in [0.2, 0.25) is 0 Å². The Morgan fingerprint density at radius 3 is 2.50 bits per heavy atom. The van der Waals surface area contributed by atoms with Crippen molar-refractivity contribution in [3.05, 3.63) is 57.4 Å². The van der Waals surface area contributed by atoms with E-state index >= 15 is 0 Å². The molecule has 1 aromatic heterocycles. The second kappa shape index (κ2) is 6.53. The number of nitrogens with one attached hydrogen (secondary N) is 3. The lowest BCUT2D eigenvalue weighted by atomic mass is 10.2. The lowest BCUT2D eigenvalue weighted by Gasteiger charge is -2.09. The molecule has 8 nitrogen and oxygen atoms in total. The van der Waals surface area contributed by atoms with Gasteiger partial charge < -0.3 is 10.6 Å². The fraction of sp³-hybridized carbons (Fsp3) is 0.250. The molecule has 0 bridgehead atoms. The summed E-state index contributed by atoms with van der Waals surface area (Å²) in [6.07, 6.45) is 3.08. The monoisotopic (exact) mass is 328 g/mol. The number of hydrogen-bond donors (Lipinski definition) is 3. The number of carbonyl (C=O) groups is 2. The van der Waals surface area contributed by atoms with Crippen LogP contribution in [-0.4, -0.2) is 21.4 Å². The molecule has 2 amide bonds. The molecule has 1 fully saturated rings. The number of amides is 2. The molecule has 3 N–H and O–H groups in total. The quantitative estimate of drug-likeness (QED) is 0.742. The summed E-state index contributed by atoms with van der Waals surface area (Å²) in [7, 11) is 0. The number of anilines is 2. The summed E-state index contributed by atoms with van der Waals surface area (Å²) in [6.45, 7) is -0.228. The third-order valence-corrected chi connectivity index (χ3v) is 3.57. The molecule has 0 spiro atoms. The highest BCUT2D eigenvalue weighted by Crippen LogP contribution is 2.30. The van der Waals surface area contributed by atoms with Crippen LogP contribution in [0.1, 0.15) is 12.8 Å². The van der Waals surface area contributed by atoms with Crippen LogP contribution in [0.4, 0.5) is 11.4 Å². The van der Waals surface area contributed by atoms with Gasteiger partial charge in [-0.1, -0.05) is 6.07 Å². The van der Waals surface area contributed by atoms with E-state index in [0.717, 1.165) is 17.4 Å². The maximum Gasteiger partial charge on any atom is 0.328 e. The Bertz CT molecular complexity index is 895. The minimum absolute atomic E-state index is 0.0155. The average Bonchev–Trinajstić information content (AvgIpc) is 3.35. The molecule has 0 saturated heterocycles. The fourth-order valence-corrected chi connectivity index (χ4v) is 2.19. The number of nitrogens with zero attached hydrogens (tertiary/aromatic N) is 1. The highest BCUT2D eigenvalue weighted by atomic mass is 16.2. The second-order valence-corrected chi connectivity index (χ2v) is 5.63. The van der Waals surface area contributed by atoms with Gasteiger partial charge >= 0.3 is 5.69 Å². The lowest BCUT2D eigenvalue weighted by Crippen LogP contribution is -2.32. The molecule has 24 heavy (non-hydrogen) atoms. The predicted octanol–water partition coefficient (Wildman–Crippen LogP) is 0.524. The van der Waals surface area contributed by atoms with E-state index < -0.39 is 17.2 Å². The summed E-state index contributed by atoms with van der Waals surface area (Å²) in [6, 6.07) is 7.95. The van der Waals surface area contributed by atoms with Crippen molar-refractivity contribution in [2.24, 2.45) is 5.92 Å². The van der Waals surface area contributed by atoms with E-state index in [-0.39, 0.29) is 18.4 Å². The Kier molecular flexibility index (Phi) is 4.28. The topological polar surface area (TPSA) is 113 Å². The normalized spacial score (nSPS) is 13.3. The van der Waals surface area contributed by atoms with Gasteiger partial charge in [0, 0.05) is 29.6 Å². The van der Waals surface area contributed by atoms with Crippen molar-refractivity contribution in [3.8, 4) is 0 Å². The van der Waals surface area contributed by atoms with Gasteiger partial charge in [0.1, 0.15) is 6.54 Å². The molecule has 124 valence electrons. The minimum atomic E-state index is -0.650. The number of aromatic amines is 1. The van der Waals surface area contributed by atoms with Crippen LogP contribution in [0, 0.1) is 5.92 Å². The zero-order valence-electron chi connectivity index (χ0n) is 12.7. The third kappa shape index (κ3) is 3.97. The van der Waals surface area contributed by atoms with E-state index in [2.05, 4.69) is 15.6 Å². The Labute approximate surface area is 136 Å².